The lowest BCUT2D eigenvalue weighted by Gasteiger charge is -2.17. The first-order valence-electron chi connectivity index (χ1n) is 8.39. The summed E-state index contributed by atoms with van der Waals surface area (Å²) in [6.07, 6.45) is 3.08. The second kappa shape index (κ2) is 9.64. The summed E-state index contributed by atoms with van der Waals surface area (Å²) in [7, 11) is 0. The van der Waals surface area contributed by atoms with Gasteiger partial charge in [0.1, 0.15) is 0 Å². The molecular formula is C18H28ClN3O2. The molecule has 4 N–H and O–H groups in total. The van der Waals surface area contributed by atoms with Crippen molar-refractivity contribution in [2.24, 2.45) is 23.5 Å². The van der Waals surface area contributed by atoms with Crippen LogP contribution in [0.1, 0.15) is 38.7 Å². The van der Waals surface area contributed by atoms with Crippen molar-refractivity contribution in [3.8, 4) is 0 Å². The fourth-order valence-electron chi connectivity index (χ4n) is 2.98. The van der Waals surface area contributed by atoms with Gasteiger partial charge in [0.25, 0.3) is 0 Å². The van der Waals surface area contributed by atoms with Crippen LogP contribution in [-0.2, 0) is 16.1 Å². The van der Waals surface area contributed by atoms with Crippen molar-refractivity contribution >= 4 is 29.9 Å². The lowest BCUT2D eigenvalue weighted by atomic mass is 9.95. The van der Waals surface area contributed by atoms with Crippen LogP contribution >= 0.6 is 12.4 Å². The van der Waals surface area contributed by atoms with Gasteiger partial charge in [0.05, 0.1) is 0 Å². The number of carbonyl (C=O) groups excluding carboxylic acids is 2. The van der Waals surface area contributed by atoms with E-state index in [1.54, 1.807) is 0 Å². The molecule has 1 fully saturated rings. The zero-order chi connectivity index (χ0) is 16.8. The summed E-state index contributed by atoms with van der Waals surface area (Å²) in [5, 5.41) is 5.85. The Labute approximate surface area is 150 Å². The Bertz CT molecular complexity index is 546. The summed E-state index contributed by atoms with van der Waals surface area (Å²) in [5.41, 5.74) is 7.52. The van der Waals surface area contributed by atoms with Gasteiger partial charge >= 0.3 is 0 Å². The van der Waals surface area contributed by atoms with Gasteiger partial charge in [-0.3, -0.25) is 9.59 Å². The molecule has 0 aromatic heterocycles. The van der Waals surface area contributed by atoms with Gasteiger partial charge in [-0.05, 0) is 43.0 Å². The molecule has 24 heavy (non-hydrogen) atoms. The molecule has 2 rings (SSSR count). The first-order valence-corrected chi connectivity index (χ1v) is 8.39. The van der Waals surface area contributed by atoms with E-state index in [0.29, 0.717) is 19.0 Å². The molecule has 2 amide bonds. The number of nitrogens with one attached hydrogen (secondary N) is 2. The summed E-state index contributed by atoms with van der Waals surface area (Å²) in [6, 6.07) is 7.57. The zero-order valence-corrected chi connectivity index (χ0v) is 15.2. The summed E-state index contributed by atoms with van der Waals surface area (Å²) >= 11 is 0. The molecule has 5 nitrogen and oxygen atoms in total. The molecule has 1 aliphatic rings. The number of anilines is 1. The lowest BCUT2D eigenvalue weighted by Crippen LogP contribution is -2.34. The van der Waals surface area contributed by atoms with Gasteiger partial charge in [-0.2, -0.15) is 0 Å². The van der Waals surface area contributed by atoms with Crippen LogP contribution in [-0.4, -0.2) is 18.4 Å². The molecule has 0 bridgehead atoms. The third-order valence-electron chi connectivity index (χ3n) is 4.51. The van der Waals surface area contributed by atoms with E-state index in [4.69, 9.17) is 5.73 Å². The Morgan fingerprint density at radius 1 is 1.21 bits per heavy atom. The second-order valence-corrected chi connectivity index (χ2v) is 6.59. The van der Waals surface area contributed by atoms with Crippen molar-refractivity contribution < 1.29 is 9.59 Å². The van der Waals surface area contributed by atoms with E-state index in [1.807, 2.05) is 38.1 Å². The number of amides is 2. The Kier molecular flexibility index (Phi) is 8.22. The lowest BCUT2D eigenvalue weighted by molar-refractivity contribution is -0.126. The highest BCUT2D eigenvalue weighted by Crippen LogP contribution is 2.31. The third-order valence-corrected chi connectivity index (χ3v) is 4.51. The molecule has 1 aromatic rings. The van der Waals surface area contributed by atoms with Crippen LogP contribution in [0, 0.1) is 17.8 Å². The minimum Gasteiger partial charge on any atom is -0.352 e. The van der Waals surface area contributed by atoms with Crippen molar-refractivity contribution in [1.82, 2.24) is 5.32 Å². The fraction of sp³-hybridized carbons (Fsp3) is 0.556. The summed E-state index contributed by atoms with van der Waals surface area (Å²) < 4.78 is 0. The predicted octanol–water partition coefficient (Wildman–Crippen LogP) is 2.69. The molecule has 0 saturated heterocycles. The highest BCUT2D eigenvalue weighted by atomic mass is 35.5. The quantitative estimate of drug-likeness (QED) is 0.735. The Morgan fingerprint density at radius 2 is 1.88 bits per heavy atom. The van der Waals surface area contributed by atoms with E-state index in [1.165, 1.54) is 0 Å². The van der Waals surface area contributed by atoms with Crippen molar-refractivity contribution in [1.29, 1.82) is 0 Å². The molecule has 1 saturated carbocycles. The maximum Gasteiger partial charge on any atom is 0.226 e. The van der Waals surface area contributed by atoms with Gasteiger partial charge in [-0.25, -0.2) is 0 Å². The largest absolute Gasteiger partial charge is 0.352 e. The van der Waals surface area contributed by atoms with Gasteiger partial charge in [-0.1, -0.05) is 32.4 Å². The highest BCUT2D eigenvalue weighted by Gasteiger charge is 2.31. The van der Waals surface area contributed by atoms with Crippen molar-refractivity contribution in [2.45, 2.75) is 39.7 Å². The first kappa shape index (κ1) is 20.5. The van der Waals surface area contributed by atoms with E-state index < -0.39 is 0 Å². The number of nitrogens with two attached hydrogens (primary N) is 1. The molecule has 6 heteroatoms. The Morgan fingerprint density at radius 3 is 2.46 bits per heavy atom. The van der Waals surface area contributed by atoms with Gasteiger partial charge in [0, 0.05) is 24.1 Å². The Hall–Kier alpha value is -1.59. The van der Waals surface area contributed by atoms with Crippen LogP contribution in [0.15, 0.2) is 24.3 Å². The van der Waals surface area contributed by atoms with Gasteiger partial charge in [0.15, 0.2) is 0 Å². The average Bonchev–Trinajstić information content (AvgIpc) is 3.02. The molecule has 0 aliphatic heterocycles. The van der Waals surface area contributed by atoms with Gasteiger partial charge in [-0.15, -0.1) is 12.4 Å². The smallest absolute Gasteiger partial charge is 0.226 e. The van der Waals surface area contributed by atoms with Crippen LogP contribution < -0.4 is 16.4 Å². The summed E-state index contributed by atoms with van der Waals surface area (Å²) in [4.78, 5) is 23.9. The maximum absolute atomic E-state index is 12.3. The van der Waals surface area contributed by atoms with Crippen LogP contribution in [0.4, 0.5) is 5.69 Å². The first-order chi connectivity index (χ1) is 11.0. The molecule has 1 aromatic carbocycles. The summed E-state index contributed by atoms with van der Waals surface area (Å²) in [6.45, 7) is 4.81. The number of hydrogen-bond acceptors (Lipinski definition) is 3. The normalized spacial score (nSPS) is 19.7. The molecule has 0 heterocycles. The van der Waals surface area contributed by atoms with Crippen LogP contribution in [0.2, 0.25) is 0 Å². The van der Waals surface area contributed by atoms with Crippen molar-refractivity contribution in [3.63, 3.8) is 0 Å². The number of rotatable bonds is 6. The minimum absolute atomic E-state index is 0. The standard InChI is InChI=1S/C18H27N3O2.ClH/c1-12(2)17(22)21-15-8-6-13(7-9-15)11-20-18(23)16-5-3-4-14(16)10-19;/h6-9,12,14,16H,3-5,10-11,19H2,1-2H3,(H,20,23)(H,21,22);1H/t14-,16-;/m1./s1. The van der Waals surface area contributed by atoms with E-state index in [-0.39, 0.29) is 36.1 Å². The van der Waals surface area contributed by atoms with Crippen molar-refractivity contribution in [2.75, 3.05) is 11.9 Å². The average molecular weight is 354 g/mol. The Balaban J connectivity index is 0.00000288. The van der Waals surface area contributed by atoms with E-state index in [9.17, 15) is 9.59 Å². The number of halogens is 1. The van der Waals surface area contributed by atoms with Crippen LogP contribution in [0.3, 0.4) is 0 Å². The highest BCUT2D eigenvalue weighted by molar-refractivity contribution is 5.92. The maximum atomic E-state index is 12.3. The topological polar surface area (TPSA) is 84.2 Å². The number of benzene rings is 1. The SMILES string of the molecule is CC(C)C(=O)Nc1ccc(CNC(=O)[C@@H]2CCC[C@@H]2CN)cc1.Cl. The predicted molar refractivity (Wildman–Crippen MR) is 98.9 cm³/mol. The summed E-state index contributed by atoms with van der Waals surface area (Å²) in [5.74, 6) is 0.444. The van der Waals surface area contributed by atoms with Gasteiger partial charge in [0.2, 0.25) is 11.8 Å². The molecule has 0 unspecified atom stereocenters. The number of hydrogen-bond donors (Lipinski definition) is 3. The zero-order valence-electron chi connectivity index (χ0n) is 14.4. The molecule has 2 atom stereocenters. The third kappa shape index (κ3) is 5.49. The molecular weight excluding hydrogens is 326 g/mol. The monoisotopic (exact) mass is 353 g/mol. The fourth-order valence-corrected chi connectivity index (χ4v) is 2.98. The molecule has 0 radical (unpaired) electrons. The molecule has 1 aliphatic carbocycles. The van der Waals surface area contributed by atoms with Crippen LogP contribution in [0.5, 0.6) is 0 Å². The van der Waals surface area contributed by atoms with Crippen molar-refractivity contribution in [3.05, 3.63) is 29.8 Å². The van der Waals surface area contributed by atoms with Crippen LogP contribution in [0.25, 0.3) is 0 Å². The van der Waals surface area contributed by atoms with Gasteiger partial charge < -0.3 is 16.4 Å². The van der Waals surface area contributed by atoms with E-state index >= 15 is 0 Å². The number of carbonyl (C=O) groups is 2. The molecule has 0 spiro atoms. The minimum atomic E-state index is -0.0455. The molecule has 134 valence electrons. The van der Waals surface area contributed by atoms with E-state index in [2.05, 4.69) is 10.6 Å². The van der Waals surface area contributed by atoms with E-state index in [0.717, 1.165) is 30.5 Å². The second-order valence-electron chi connectivity index (χ2n) is 6.59.